The molecule has 1 fully saturated rings. The highest BCUT2D eigenvalue weighted by molar-refractivity contribution is 7.96. The van der Waals surface area contributed by atoms with E-state index in [2.05, 4.69) is 59.3 Å². The summed E-state index contributed by atoms with van der Waals surface area (Å²) in [6.45, 7) is 17.1. The van der Waals surface area contributed by atoms with Crippen LogP contribution in [0.4, 0.5) is 5.69 Å². The largest absolute Gasteiger partial charge is 0.337 e. The number of anilines is 1. The Morgan fingerprint density at radius 3 is 2.27 bits per heavy atom. The number of aliphatic imine (C=N–C) groups is 1. The van der Waals surface area contributed by atoms with Gasteiger partial charge in [0.1, 0.15) is 4.91 Å². The fraction of sp³-hybridized carbons (Fsp3) is 0.419. The van der Waals surface area contributed by atoms with Crippen molar-refractivity contribution in [1.82, 2.24) is 9.80 Å². The lowest BCUT2D eigenvalue weighted by atomic mass is 9.96. The van der Waals surface area contributed by atoms with Crippen molar-refractivity contribution in [3.05, 3.63) is 88.0 Å². The first-order valence-corrected chi connectivity index (χ1v) is 15.3. The van der Waals surface area contributed by atoms with Gasteiger partial charge in [-0.3, -0.25) is 19.4 Å². The summed E-state index contributed by atoms with van der Waals surface area (Å²) < 4.78 is 28.2. The van der Waals surface area contributed by atoms with Gasteiger partial charge in [-0.2, -0.15) is 0 Å². The predicted molar refractivity (Wildman–Crippen MR) is 165 cm³/mol. The van der Waals surface area contributed by atoms with Gasteiger partial charge in [0.05, 0.1) is 5.70 Å². The molecule has 1 saturated heterocycles. The van der Waals surface area contributed by atoms with Crippen LogP contribution in [-0.4, -0.2) is 56.5 Å². The topological polar surface area (TPSA) is 108 Å². The Labute approximate surface area is 239 Å². The Morgan fingerprint density at radius 2 is 1.70 bits per heavy atom. The normalized spacial score (nSPS) is 15.6. The number of carbonyl (C=O) groups is 1. The molecular formula is C31H43N5O3S. The molecule has 0 spiro atoms. The molecule has 1 unspecified atom stereocenters. The Balaban J connectivity index is 1.59. The number of allylic oxidation sites excluding steroid dienone is 1. The molecule has 1 atom stereocenters. The minimum absolute atomic E-state index is 0.0383. The first-order valence-electron chi connectivity index (χ1n) is 13.8. The van der Waals surface area contributed by atoms with Crippen molar-refractivity contribution < 1.29 is 13.2 Å². The molecule has 0 bridgehead atoms. The van der Waals surface area contributed by atoms with Crippen LogP contribution in [0, 0.1) is 5.92 Å². The lowest BCUT2D eigenvalue weighted by Gasteiger charge is -2.23. The van der Waals surface area contributed by atoms with Gasteiger partial charge in [0.15, 0.2) is 0 Å². The summed E-state index contributed by atoms with van der Waals surface area (Å²) in [7, 11) is -3.90. The zero-order valence-electron chi connectivity index (χ0n) is 24.4. The van der Waals surface area contributed by atoms with E-state index in [1.807, 2.05) is 4.90 Å². The number of nitrogens with two attached hydrogens (primary N) is 1. The van der Waals surface area contributed by atoms with Crippen LogP contribution in [0.15, 0.2) is 76.3 Å². The van der Waals surface area contributed by atoms with Crippen molar-refractivity contribution in [3.8, 4) is 0 Å². The summed E-state index contributed by atoms with van der Waals surface area (Å²) >= 11 is 0. The minimum Gasteiger partial charge on any atom is -0.337 e. The van der Waals surface area contributed by atoms with E-state index in [0.29, 0.717) is 36.0 Å². The Bertz CT molecular complexity index is 1340. The number of nitrogens with zero attached hydrogens (tertiary/aromatic N) is 3. The van der Waals surface area contributed by atoms with Gasteiger partial charge in [-0.1, -0.05) is 44.7 Å². The van der Waals surface area contributed by atoms with Gasteiger partial charge in [0.25, 0.3) is 15.9 Å². The smallest absolute Gasteiger partial charge is 0.263 e. The lowest BCUT2D eigenvalue weighted by molar-refractivity contribution is 0.0761. The van der Waals surface area contributed by atoms with Crippen molar-refractivity contribution in [1.29, 1.82) is 0 Å². The lowest BCUT2D eigenvalue weighted by Crippen LogP contribution is -2.35. The van der Waals surface area contributed by atoms with E-state index in [0.717, 1.165) is 37.2 Å². The Kier molecular flexibility index (Phi) is 10.8. The predicted octanol–water partition coefficient (Wildman–Crippen LogP) is 5.33. The van der Waals surface area contributed by atoms with Crippen LogP contribution in [0.2, 0.25) is 0 Å². The number of rotatable bonds is 10. The van der Waals surface area contributed by atoms with E-state index in [4.69, 9.17) is 5.73 Å². The summed E-state index contributed by atoms with van der Waals surface area (Å²) in [5, 5.41) is 0. The Morgan fingerprint density at radius 1 is 1.05 bits per heavy atom. The summed E-state index contributed by atoms with van der Waals surface area (Å²) in [6.07, 6.45) is 2.42. The maximum Gasteiger partial charge on any atom is 0.263 e. The average molecular weight is 566 g/mol. The number of amides is 1. The summed E-state index contributed by atoms with van der Waals surface area (Å²) in [5.74, 6) is 0.332. The van der Waals surface area contributed by atoms with Crippen molar-refractivity contribution >= 4 is 27.8 Å². The number of nitrogens with one attached hydrogen (secondary N) is 1. The van der Waals surface area contributed by atoms with Crippen LogP contribution in [-0.2, 0) is 16.6 Å². The second-order valence-corrected chi connectivity index (χ2v) is 12.5. The van der Waals surface area contributed by atoms with Gasteiger partial charge in [-0.25, -0.2) is 8.42 Å². The highest BCUT2D eigenvalue weighted by Gasteiger charge is 2.23. The van der Waals surface area contributed by atoms with E-state index in [9.17, 15) is 13.2 Å². The van der Waals surface area contributed by atoms with Gasteiger partial charge in [0.2, 0.25) is 0 Å². The highest BCUT2D eigenvalue weighted by atomic mass is 32.2. The molecular weight excluding hydrogens is 522 g/mol. The molecule has 0 radical (unpaired) electrons. The molecule has 2 aromatic carbocycles. The first-order chi connectivity index (χ1) is 18.9. The van der Waals surface area contributed by atoms with Crippen molar-refractivity contribution in [2.75, 3.05) is 30.9 Å². The second-order valence-electron chi connectivity index (χ2n) is 10.8. The van der Waals surface area contributed by atoms with E-state index in [1.165, 1.54) is 11.8 Å². The third-order valence-electron chi connectivity index (χ3n) is 7.07. The maximum absolute atomic E-state index is 13.2. The molecule has 0 aliphatic carbocycles. The molecule has 1 aliphatic heterocycles. The zero-order chi connectivity index (χ0) is 29.4. The first kappa shape index (κ1) is 31.3. The molecule has 8 nitrogen and oxygen atoms in total. The summed E-state index contributed by atoms with van der Waals surface area (Å²) in [4.78, 5) is 21.5. The molecule has 216 valence electrons. The van der Waals surface area contributed by atoms with E-state index in [1.54, 1.807) is 45.0 Å². The van der Waals surface area contributed by atoms with E-state index in [-0.39, 0.29) is 16.9 Å². The summed E-state index contributed by atoms with van der Waals surface area (Å²) in [6, 6.07) is 15.1. The van der Waals surface area contributed by atoms with Crippen LogP contribution >= 0.6 is 0 Å². The molecule has 9 heteroatoms. The fourth-order valence-corrected chi connectivity index (χ4v) is 5.72. The van der Waals surface area contributed by atoms with Gasteiger partial charge in [-0.15, -0.1) is 0 Å². The van der Waals surface area contributed by atoms with Crippen molar-refractivity contribution in [2.45, 2.75) is 53.6 Å². The van der Waals surface area contributed by atoms with Crippen LogP contribution in [0.3, 0.4) is 0 Å². The van der Waals surface area contributed by atoms with Crippen molar-refractivity contribution in [3.63, 3.8) is 0 Å². The third kappa shape index (κ3) is 8.13. The maximum atomic E-state index is 13.2. The van der Waals surface area contributed by atoms with Gasteiger partial charge >= 0.3 is 0 Å². The number of hydrogen-bond donors (Lipinski definition) is 2. The summed E-state index contributed by atoms with van der Waals surface area (Å²) in [5.41, 5.74) is 10.6. The highest BCUT2D eigenvalue weighted by Crippen LogP contribution is 2.24. The fourth-order valence-electron chi connectivity index (χ4n) is 4.64. The van der Waals surface area contributed by atoms with Crippen LogP contribution in [0.5, 0.6) is 0 Å². The third-order valence-corrected chi connectivity index (χ3v) is 8.42. The zero-order valence-corrected chi connectivity index (χ0v) is 25.2. The standard InChI is InChI=1S/C31H43N5O3S/c1-7-33-30(23(4)5)24(6)40(38,39)34-28-15-13-27(14-16-28)31(37)36-18-8-17-35(19-20-36)21-25-9-11-26(12-10-25)29(32)22(2)3/h7,9-16,22,29,34H,6,8,17-21,32H2,1-5H3. The number of hydrogen-bond acceptors (Lipinski definition) is 6. The van der Waals surface area contributed by atoms with E-state index < -0.39 is 10.0 Å². The molecule has 3 N–H and O–H groups in total. The number of benzene rings is 2. The Hall–Kier alpha value is -3.27. The van der Waals surface area contributed by atoms with Crippen molar-refractivity contribution in [2.24, 2.45) is 16.6 Å². The molecule has 3 rings (SSSR count). The number of carbonyl (C=O) groups excluding carboxylic acids is 1. The molecule has 1 amide bonds. The second kappa shape index (κ2) is 13.9. The van der Waals surface area contributed by atoms with Crippen LogP contribution in [0.25, 0.3) is 0 Å². The van der Waals surface area contributed by atoms with Gasteiger partial charge < -0.3 is 10.6 Å². The molecule has 1 heterocycles. The van der Waals surface area contributed by atoms with Gasteiger partial charge in [0, 0.05) is 56.2 Å². The molecule has 0 aromatic heterocycles. The van der Waals surface area contributed by atoms with Gasteiger partial charge in [-0.05, 0) is 74.1 Å². The minimum atomic E-state index is -3.90. The van der Waals surface area contributed by atoms with E-state index >= 15 is 0 Å². The molecule has 1 aliphatic rings. The quantitative estimate of drug-likeness (QED) is 0.299. The molecule has 0 saturated carbocycles. The molecule has 40 heavy (non-hydrogen) atoms. The number of sulfonamides is 1. The SMILES string of the molecule is C=C(C(N=CC)=C(C)C)S(=O)(=O)Nc1ccc(C(=O)N2CCCN(Cc3ccc(C(N)C(C)C)cc3)CC2)cc1. The van der Waals surface area contributed by atoms with Crippen LogP contribution < -0.4 is 10.5 Å². The molecule has 2 aromatic rings. The average Bonchev–Trinajstić information content (AvgIpc) is 3.16. The monoisotopic (exact) mass is 565 g/mol. The van der Waals surface area contributed by atoms with Crippen LogP contribution in [0.1, 0.15) is 68.6 Å².